The summed E-state index contributed by atoms with van der Waals surface area (Å²) < 4.78 is 1.22. The molecule has 0 atom stereocenters. The first-order valence-electron chi connectivity index (χ1n) is 11.6. The fourth-order valence-corrected chi connectivity index (χ4v) is 4.77. The topological polar surface area (TPSA) is 28.1 Å². The molecule has 168 valence electrons. The maximum atomic E-state index is 5.08. The largest absolute Gasteiger partial charge is 0.355 e. The van der Waals surface area contributed by atoms with E-state index in [1.54, 1.807) is 0 Å². The Balaban J connectivity index is 1.56. The monoisotopic (exact) mass is 554 g/mol. The van der Waals surface area contributed by atoms with E-state index < -0.39 is 0 Å². The van der Waals surface area contributed by atoms with Crippen LogP contribution in [0.4, 0.5) is 0 Å². The van der Waals surface area contributed by atoms with E-state index in [0.717, 1.165) is 28.4 Å². The molecule has 0 unspecified atom stereocenters. The third kappa shape index (κ3) is 5.00. The molecule has 3 aliphatic rings. The Labute approximate surface area is 215 Å². The van der Waals surface area contributed by atoms with Gasteiger partial charge in [-0.05, 0) is 89.6 Å². The summed E-state index contributed by atoms with van der Waals surface area (Å²) in [6.07, 6.45) is 28.0. The summed E-state index contributed by atoms with van der Waals surface area (Å²) in [5.74, 6) is 0.717. The van der Waals surface area contributed by atoms with Crippen LogP contribution in [0.1, 0.15) is 29.4 Å². The van der Waals surface area contributed by atoms with Crippen molar-refractivity contribution in [2.45, 2.75) is 13.8 Å². The molecule has 2 aliphatic carbocycles. The standard InChI is InChI=1S/C31H27IN2/c1-21-19-27(17-11-23-7-3-4-8-23)33-30(21)29(25-13-15-26(32)16-14-25)31-22(2)20-28(34-31)18-12-24-9-5-6-10-24/h3-20,23-24,33H,1-2H3/b17-11+,18-12+,31-29-. The van der Waals surface area contributed by atoms with Crippen molar-refractivity contribution in [2.75, 3.05) is 0 Å². The van der Waals surface area contributed by atoms with Gasteiger partial charge in [-0.1, -0.05) is 72.9 Å². The van der Waals surface area contributed by atoms with E-state index >= 15 is 0 Å². The number of hydrogen-bond acceptors (Lipinski definition) is 1. The Morgan fingerprint density at radius 2 is 1.50 bits per heavy atom. The highest BCUT2D eigenvalue weighted by atomic mass is 127. The summed E-state index contributed by atoms with van der Waals surface area (Å²) in [6, 6.07) is 10.9. The lowest BCUT2D eigenvalue weighted by Crippen LogP contribution is -1.96. The highest BCUT2D eigenvalue weighted by Gasteiger charge is 2.20. The second kappa shape index (κ2) is 9.98. The molecule has 2 aromatic rings. The maximum absolute atomic E-state index is 5.08. The number of allylic oxidation sites excluding steroid dienone is 13. The molecular formula is C31H27IN2. The summed E-state index contributed by atoms with van der Waals surface area (Å²) in [4.78, 5) is 8.76. The second-order valence-electron chi connectivity index (χ2n) is 8.79. The van der Waals surface area contributed by atoms with Gasteiger partial charge in [0, 0.05) is 26.7 Å². The minimum absolute atomic E-state index is 0.352. The molecule has 0 saturated heterocycles. The van der Waals surface area contributed by atoms with Gasteiger partial charge >= 0.3 is 0 Å². The SMILES string of the molecule is CC1=CC(/C=C/C2C=CC=C2)=NC/1=C(/c1ccc(I)cc1)c1[nH]c(/C=C/C2C=CC=C2)cc1C. The Hall–Kier alpha value is -3.18. The number of nitrogens with zero attached hydrogens (tertiary/aromatic N) is 1. The van der Waals surface area contributed by atoms with Gasteiger partial charge in [-0.25, -0.2) is 4.99 Å². The van der Waals surface area contributed by atoms with Crippen molar-refractivity contribution in [1.82, 2.24) is 4.98 Å². The molecule has 2 heterocycles. The number of nitrogens with one attached hydrogen (secondary N) is 1. The Bertz CT molecular complexity index is 1340. The minimum Gasteiger partial charge on any atom is -0.355 e. The van der Waals surface area contributed by atoms with Crippen molar-refractivity contribution in [1.29, 1.82) is 0 Å². The van der Waals surface area contributed by atoms with Crippen LogP contribution in [0.25, 0.3) is 11.6 Å². The average molecular weight is 554 g/mol. The van der Waals surface area contributed by atoms with Crippen LogP contribution in [0.15, 0.2) is 120 Å². The molecule has 0 fully saturated rings. The molecule has 34 heavy (non-hydrogen) atoms. The lowest BCUT2D eigenvalue weighted by molar-refractivity contribution is 1.09. The average Bonchev–Trinajstić information content (AvgIpc) is 3.62. The van der Waals surface area contributed by atoms with Gasteiger partial charge < -0.3 is 4.98 Å². The summed E-state index contributed by atoms with van der Waals surface area (Å²) in [7, 11) is 0. The Morgan fingerprint density at radius 1 is 0.882 bits per heavy atom. The van der Waals surface area contributed by atoms with E-state index in [1.165, 1.54) is 20.3 Å². The number of halogens is 1. The summed E-state index contributed by atoms with van der Waals surface area (Å²) >= 11 is 2.36. The highest BCUT2D eigenvalue weighted by Crippen LogP contribution is 2.35. The number of aromatic amines is 1. The Morgan fingerprint density at radius 3 is 2.15 bits per heavy atom. The summed E-state index contributed by atoms with van der Waals surface area (Å²) in [6.45, 7) is 4.32. The molecule has 5 rings (SSSR count). The molecule has 2 nitrogen and oxygen atoms in total. The van der Waals surface area contributed by atoms with Crippen LogP contribution < -0.4 is 0 Å². The van der Waals surface area contributed by atoms with Gasteiger partial charge in [0.2, 0.25) is 0 Å². The molecular weight excluding hydrogens is 527 g/mol. The fraction of sp³-hybridized carbons (Fsp3) is 0.129. The van der Waals surface area contributed by atoms with Crippen LogP contribution in [-0.4, -0.2) is 10.7 Å². The molecule has 0 spiro atoms. The number of aryl methyl sites for hydroxylation is 1. The molecule has 0 amide bonds. The zero-order chi connectivity index (χ0) is 23.5. The number of hydrogen-bond donors (Lipinski definition) is 1. The molecule has 0 saturated carbocycles. The quantitative estimate of drug-likeness (QED) is 0.349. The second-order valence-corrected chi connectivity index (χ2v) is 10.0. The van der Waals surface area contributed by atoms with Gasteiger partial charge in [0.25, 0.3) is 0 Å². The van der Waals surface area contributed by atoms with Gasteiger partial charge in [0.15, 0.2) is 0 Å². The molecule has 1 aromatic carbocycles. The van der Waals surface area contributed by atoms with Gasteiger partial charge in [-0.2, -0.15) is 0 Å². The predicted molar refractivity (Wildman–Crippen MR) is 154 cm³/mol. The first kappa shape index (κ1) is 22.6. The van der Waals surface area contributed by atoms with Gasteiger partial charge in [-0.15, -0.1) is 0 Å². The zero-order valence-electron chi connectivity index (χ0n) is 19.4. The fourth-order valence-electron chi connectivity index (χ4n) is 4.41. The van der Waals surface area contributed by atoms with Crippen molar-refractivity contribution >= 4 is 40.0 Å². The Kier molecular flexibility index (Phi) is 6.63. The van der Waals surface area contributed by atoms with E-state index in [2.05, 4.69) is 151 Å². The number of benzene rings is 1. The first-order valence-corrected chi connectivity index (χ1v) is 12.7. The van der Waals surface area contributed by atoms with E-state index in [0.29, 0.717) is 11.8 Å². The number of aromatic nitrogens is 1. The molecule has 1 aliphatic heterocycles. The zero-order valence-corrected chi connectivity index (χ0v) is 21.5. The van der Waals surface area contributed by atoms with Crippen molar-refractivity contribution in [3.8, 4) is 0 Å². The molecule has 3 heteroatoms. The van der Waals surface area contributed by atoms with Crippen LogP contribution in [0.2, 0.25) is 0 Å². The van der Waals surface area contributed by atoms with Crippen molar-refractivity contribution in [3.63, 3.8) is 0 Å². The lowest BCUT2D eigenvalue weighted by atomic mass is 9.96. The van der Waals surface area contributed by atoms with E-state index in [1.807, 2.05) is 0 Å². The van der Waals surface area contributed by atoms with Crippen molar-refractivity contribution in [3.05, 3.63) is 141 Å². The van der Waals surface area contributed by atoms with Crippen LogP contribution in [0.5, 0.6) is 0 Å². The van der Waals surface area contributed by atoms with Crippen LogP contribution in [0.3, 0.4) is 0 Å². The van der Waals surface area contributed by atoms with Gasteiger partial charge in [0.05, 0.1) is 17.1 Å². The minimum atomic E-state index is 0.352. The smallest absolute Gasteiger partial charge is 0.0766 e. The predicted octanol–water partition coefficient (Wildman–Crippen LogP) is 8.14. The number of aliphatic imine (C=N–C) groups is 1. The molecule has 0 bridgehead atoms. The molecule has 0 radical (unpaired) electrons. The highest BCUT2D eigenvalue weighted by molar-refractivity contribution is 14.1. The summed E-state index contributed by atoms with van der Waals surface area (Å²) in [5, 5.41) is 0. The van der Waals surface area contributed by atoms with Gasteiger partial charge in [-0.3, -0.25) is 0 Å². The summed E-state index contributed by atoms with van der Waals surface area (Å²) in [5.41, 5.74) is 8.95. The van der Waals surface area contributed by atoms with Crippen LogP contribution in [-0.2, 0) is 0 Å². The molecule has 1 aromatic heterocycles. The van der Waals surface area contributed by atoms with E-state index in [9.17, 15) is 0 Å². The van der Waals surface area contributed by atoms with Crippen LogP contribution >= 0.6 is 22.6 Å². The third-order valence-corrected chi connectivity index (χ3v) is 6.90. The normalized spacial score (nSPS) is 19.4. The lowest BCUT2D eigenvalue weighted by Gasteiger charge is -2.12. The van der Waals surface area contributed by atoms with Crippen LogP contribution in [0, 0.1) is 22.3 Å². The van der Waals surface area contributed by atoms with E-state index in [-0.39, 0.29) is 0 Å². The number of H-pyrrole nitrogens is 1. The van der Waals surface area contributed by atoms with Crippen molar-refractivity contribution in [2.24, 2.45) is 16.8 Å². The van der Waals surface area contributed by atoms with Gasteiger partial charge in [0.1, 0.15) is 0 Å². The molecule has 1 N–H and O–H groups in total. The van der Waals surface area contributed by atoms with E-state index in [4.69, 9.17) is 4.99 Å². The third-order valence-electron chi connectivity index (χ3n) is 6.18. The van der Waals surface area contributed by atoms with Crippen molar-refractivity contribution < 1.29 is 0 Å². The number of rotatable bonds is 6. The maximum Gasteiger partial charge on any atom is 0.0766 e. The first-order chi connectivity index (χ1) is 16.6.